The van der Waals surface area contributed by atoms with Gasteiger partial charge in [0.1, 0.15) is 11.5 Å². The highest BCUT2D eigenvalue weighted by atomic mass is 35.5. The van der Waals surface area contributed by atoms with Crippen LogP contribution in [0.2, 0.25) is 5.02 Å². The molecule has 0 aromatic heterocycles. The van der Waals surface area contributed by atoms with E-state index in [1.165, 1.54) is 18.2 Å². The van der Waals surface area contributed by atoms with E-state index in [9.17, 15) is 18.0 Å². The number of carbonyl (C=O) groups is 1. The van der Waals surface area contributed by atoms with Gasteiger partial charge in [-0.15, -0.1) is 0 Å². The van der Waals surface area contributed by atoms with Crippen LogP contribution in [-0.2, 0) is 10.9 Å². The molecule has 0 unspecified atom stereocenters. The molecular weight excluding hydrogens is 347 g/mol. The molecule has 2 aromatic rings. The normalized spacial score (nSPS) is 11.2. The van der Waals surface area contributed by atoms with Gasteiger partial charge >= 0.3 is 12.1 Å². The maximum Gasteiger partial charge on any atom is 0.416 e. The van der Waals surface area contributed by atoms with Crippen LogP contribution in [0.5, 0.6) is 11.5 Å². The minimum absolute atomic E-state index is 0.0178. The fourth-order valence-electron chi connectivity index (χ4n) is 1.87. The first-order chi connectivity index (χ1) is 11.2. The van der Waals surface area contributed by atoms with Crippen molar-refractivity contribution in [3.8, 4) is 11.5 Å². The lowest BCUT2D eigenvalue weighted by Gasteiger charge is -2.12. The van der Waals surface area contributed by atoms with Gasteiger partial charge in [-0.2, -0.15) is 13.2 Å². The second kappa shape index (κ2) is 7.00. The van der Waals surface area contributed by atoms with E-state index in [0.29, 0.717) is 0 Å². The van der Waals surface area contributed by atoms with E-state index in [0.717, 1.165) is 18.2 Å². The van der Waals surface area contributed by atoms with Gasteiger partial charge in [0.05, 0.1) is 22.8 Å². The quantitative estimate of drug-likeness (QED) is 0.622. The highest BCUT2D eigenvalue weighted by molar-refractivity contribution is 6.32. The van der Waals surface area contributed by atoms with E-state index in [1.807, 2.05) is 0 Å². The number of ether oxygens (including phenoxy) is 2. The molecule has 0 aliphatic carbocycles. The standard InChI is InChI=1S/C16H13ClF3NO3/c1-2-23-15(22)11-8-10(4-5-13(11)21)24-14-6-3-9(7-12(14)17)16(18,19)20/h3-8H,2,21H2,1H3. The van der Waals surface area contributed by atoms with Crippen LogP contribution in [0.25, 0.3) is 0 Å². The molecule has 0 atom stereocenters. The van der Waals surface area contributed by atoms with Gasteiger partial charge in [-0.05, 0) is 43.3 Å². The summed E-state index contributed by atoms with van der Waals surface area (Å²) in [6, 6.07) is 6.95. The lowest BCUT2D eigenvalue weighted by Crippen LogP contribution is -2.08. The summed E-state index contributed by atoms with van der Waals surface area (Å²) in [6.07, 6.45) is -4.50. The summed E-state index contributed by atoms with van der Waals surface area (Å²) in [5.41, 5.74) is 5.11. The number of nitrogen functional groups attached to an aromatic ring is 1. The molecule has 24 heavy (non-hydrogen) atoms. The number of hydrogen-bond acceptors (Lipinski definition) is 4. The first-order valence-corrected chi connectivity index (χ1v) is 7.21. The minimum Gasteiger partial charge on any atom is -0.462 e. The lowest BCUT2D eigenvalue weighted by atomic mass is 10.1. The summed E-state index contributed by atoms with van der Waals surface area (Å²) in [5.74, 6) is -0.419. The van der Waals surface area contributed by atoms with Gasteiger partial charge in [-0.3, -0.25) is 0 Å². The van der Waals surface area contributed by atoms with Gasteiger partial charge in [-0.25, -0.2) is 4.79 Å². The van der Waals surface area contributed by atoms with Crippen LogP contribution < -0.4 is 10.5 Å². The summed E-state index contributed by atoms with van der Waals surface area (Å²) < 4.78 is 48.2. The summed E-state index contributed by atoms with van der Waals surface area (Å²) in [4.78, 5) is 11.8. The molecule has 4 nitrogen and oxygen atoms in total. The van der Waals surface area contributed by atoms with Crippen molar-refractivity contribution in [3.05, 3.63) is 52.5 Å². The molecule has 2 rings (SSSR count). The van der Waals surface area contributed by atoms with Crippen LogP contribution in [0.4, 0.5) is 18.9 Å². The maximum atomic E-state index is 12.6. The van der Waals surface area contributed by atoms with E-state index >= 15 is 0 Å². The van der Waals surface area contributed by atoms with Crippen LogP contribution in [-0.4, -0.2) is 12.6 Å². The Morgan fingerprint density at radius 2 is 1.92 bits per heavy atom. The smallest absolute Gasteiger partial charge is 0.416 e. The molecule has 8 heteroatoms. The Bertz CT molecular complexity index is 763. The number of rotatable bonds is 4. The minimum atomic E-state index is -4.50. The van der Waals surface area contributed by atoms with Crippen LogP contribution in [0.3, 0.4) is 0 Å². The third-order valence-corrected chi connectivity index (χ3v) is 3.30. The van der Waals surface area contributed by atoms with Crippen molar-refractivity contribution in [3.63, 3.8) is 0 Å². The molecule has 0 saturated carbocycles. The Hall–Kier alpha value is -2.41. The molecular formula is C16H13ClF3NO3. The predicted octanol–water partition coefficient (Wildman–Crippen LogP) is 4.91. The predicted molar refractivity (Wildman–Crippen MR) is 83.3 cm³/mol. The second-order valence-corrected chi connectivity index (χ2v) is 5.12. The SMILES string of the molecule is CCOC(=O)c1cc(Oc2ccc(C(F)(F)F)cc2Cl)ccc1N. The second-order valence-electron chi connectivity index (χ2n) is 4.71. The maximum absolute atomic E-state index is 12.6. The summed E-state index contributed by atoms with van der Waals surface area (Å²) >= 11 is 5.83. The topological polar surface area (TPSA) is 61.5 Å². The number of alkyl halides is 3. The Labute approximate surface area is 140 Å². The molecule has 0 bridgehead atoms. The van der Waals surface area contributed by atoms with E-state index in [1.54, 1.807) is 6.92 Å². The monoisotopic (exact) mass is 359 g/mol. The van der Waals surface area contributed by atoms with Gasteiger partial charge in [0, 0.05) is 5.69 Å². The summed E-state index contributed by atoms with van der Waals surface area (Å²) in [5, 5.41) is -0.209. The van der Waals surface area contributed by atoms with Crippen LogP contribution in [0, 0.1) is 0 Å². The van der Waals surface area contributed by atoms with Gasteiger partial charge in [0.2, 0.25) is 0 Å². The zero-order valence-electron chi connectivity index (χ0n) is 12.5. The Balaban J connectivity index is 2.29. The van der Waals surface area contributed by atoms with E-state index in [2.05, 4.69) is 0 Å². The van der Waals surface area contributed by atoms with Gasteiger partial charge in [-0.1, -0.05) is 11.6 Å². The fraction of sp³-hybridized carbons (Fsp3) is 0.188. The Morgan fingerprint density at radius 1 is 1.21 bits per heavy atom. The molecule has 128 valence electrons. The third kappa shape index (κ3) is 4.11. The number of carbonyl (C=O) groups excluding carboxylic acids is 1. The molecule has 0 radical (unpaired) electrons. The Kier molecular flexibility index (Phi) is 5.23. The summed E-state index contributed by atoms with van der Waals surface area (Å²) in [6.45, 7) is 1.82. The number of benzene rings is 2. The summed E-state index contributed by atoms with van der Waals surface area (Å²) in [7, 11) is 0. The van der Waals surface area contributed by atoms with Crippen LogP contribution >= 0.6 is 11.6 Å². The number of esters is 1. The molecule has 0 amide bonds. The van der Waals surface area contributed by atoms with Gasteiger partial charge in [0.15, 0.2) is 0 Å². The zero-order chi connectivity index (χ0) is 17.9. The van der Waals surface area contributed by atoms with Crippen molar-refractivity contribution in [2.75, 3.05) is 12.3 Å². The molecule has 0 fully saturated rings. The number of nitrogens with two attached hydrogens (primary N) is 1. The van der Waals surface area contributed by atoms with Crippen molar-refractivity contribution in [2.45, 2.75) is 13.1 Å². The van der Waals surface area contributed by atoms with Crippen molar-refractivity contribution in [1.82, 2.24) is 0 Å². The molecule has 0 spiro atoms. The molecule has 0 heterocycles. The average molecular weight is 360 g/mol. The third-order valence-electron chi connectivity index (χ3n) is 3.01. The number of halogens is 4. The van der Waals surface area contributed by atoms with Gasteiger partial charge < -0.3 is 15.2 Å². The largest absolute Gasteiger partial charge is 0.462 e. The molecule has 0 aliphatic heterocycles. The van der Waals surface area contributed by atoms with E-state index in [4.69, 9.17) is 26.8 Å². The molecule has 0 aliphatic rings. The number of hydrogen-bond donors (Lipinski definition) is 1. The lowest BCUT2D eigenvalue weighted by molar-refractivity contribution is -0.137. The van der Waals surface area contributed by atoms with Crippen molar-refractivity contribution in [2.24, 2.45) is 0 Å². The highest BCUT2D eigenvalue weighted by Gasteiger charge is 2.31. The first kappa shape index (κ1) is 17.9. The van der Waals surface area contributed by atoms with E-state index < -0.39 is 17.7 Å². The van der Waals surface area contributed by atoms with Crippen molar-refractivity contribution >= 4 is 23.3 Å². The van der Waals surface area contributed by atoms with Crippen LogP contribution in [0.1, 0.15) is 22.8 Å². The first-order valence-electron chi connectivity index (χ1n) is 6.83. The van der Waals surface area contributed by atoms with Crippen molar-refractivity contribution < 1.29 is 27.4 Å². The zero-order valence-corrected chi connectivity index (χ0v) is 13.2. The average Bonchev–Trinajstić information content (AvgIpc) is 2.50. The van der Waals surface area contributed by atoms with Crippen molar-refractivity contribution in [1.29, 1.82) is 0 Å². The fourth-order valence-corrected chi connectivity index (χ4v) is 2.09. The van der Waals surface area contributed by atoms with E-state index in [-0.39, 0.29) is 34.4 Å². The molecule has 0 saturated heterocycles. The molecule has 2 N–H and O–H groups in total. The highest BCUT2D eigenvalue weighted by Crippen LogP contribution is 2.36. The molecule has 2 aromatic carbocycles. The number of anilines is 1. The van der Waals surface area contributed by atoms with Crippen LogP contribution in [0.15, 0.2) is 36.4 Å². The van der Waals surface area contributed by atoms with Gasteiger partial charge in [0.25, 0.3) is 0 Å². The Morgan fingerprint density at radius 3 is 2.50 bits per heavy atom.